The van der Waals surface area contributed by atoms with Crippen molar-refractivity contribution >= 4 is 5.91 Å². The Kier molecular flexibility index (Phi) is 2.49. The summed E-state index contributed by atoms with van der Waals surface area (Å²) >= 11 is 0. The highest BCUT2D eigenvalue weighted by atomic mass is 16.1. The van der Waals surface area contributed by atoms with Crippen LogP contribution in [-0.2, 0) is 4.79 Å². The maximum absolute atomic E-state index is 10.3. The zero-order valence-corrected chi connectivity index (χ0v) is 7.02. The summed E-state index contributed by atoms with van der Waals surface area (Å²) in [5.74, 6) is -0.272. The van der Waals surface area contributed by atoms with Gasteiger partial charge in [-0.1, -0.05) is 6.92 Å². The van der Waals surface area contributed by atoms with E-state index in [0.717, 1.165) is 6.54 Å². The van der Waals surface area contributed by atoms with Crippen molar-refractivity contribution in [3.63, 3.8) is 0 Å². The van der Waals surface area contributed by atoms with E-state index in [1.54, 1.807) is 0 Å². The van der Waals surface area contributed by atoms with Crippen LogP contribution in [0.5, 0.6) is 0 Å². The van der Waals surface area contributed by atoms with Crippen molar-refractivity contribution in [2.45, 2.75) is 26.2 Å². The average molecular weight is 156 g/mol. The van der Waals surface area contributed by atoms with Gasteiger partial charge in [-0.2, -0.15) is 0 Å². The molecule has 64 valence electrons. The van der Waals surface area contributed by atoms with Gasteiger partial charge < -0.3 is 11.1 Å². The summed E-state index contributed by atoms with van der Waals surface area (Å²) < 4.78 is 0. The Morgan fingerprint density at radius 1 is 1.64 bits per heavy atom. The van der Waals surface area contributed by atoms with Gasteiger partial charge in [-0.25, -0.2) is 0 Å². The molecule has 0 saturated heterocycles. The molecule has 1 aliphatic rings. The van der Waals surface area contributed by atoms with Crippen LogP contribution in [0.2, 0.25) is 0 Å². The maximum atomic E-state index is 10.3. The Labute approximate surface area is 67.3 Å². The fraction of sp³-hybridized carbons (Fsp3) is 0.875. The number of hydrogen-bond acceptors (Lipinski definition) is 2. The van der Waals surface area contributed by atoms with Gasteiger partial charge in [0.25, 0.3) is 0 Å². The Morgan fingerprint density at radius 2 is 2.27 bits per heavy atom. The molecule has 0 unspecified atom stereocenters. The molecule has 3 nitrogen and oxygen atoms in total. The van der Waals surface area contributed by atoms with Crippen LogP contribution in [-0.4, -0.2) is 19.0 Å². The van der Waals surface area contributed by atoms with E-state index >= 15 is 0 Å². The van der Waals surface area contributed by atoms with Crippen molar-refractivity contribution in [1.29, 1.82) is 0 Å². The van der Waals surface area contributed by atoms with E-state index in [9.17, 15) is 4.79 Å². The van der Waals surface area contributed by atoms with Crippen LogP contribution in [0.25, 0.3) is 0 Å². The molecule has 1 amide bonds. The van der Waals surface area contributed by atoms with Gasteiger partial charge in [0.2, 0.25) is 5.91 Å². The normalized spacial score (nSPS) is 19.7. The minimum atomic E-state index is -0.272. The lowest BCUT2D eigenvalue weighted by Gasteiger charge is -2.07. The zero-order valence-electron chi connectivity index (χ0n) is 7.02. The lowest BCUT2D eigenvalue weighted by Crippen LogP contribution is -2.29. The standard InChI is InChI=1S/C8H16N2O/c1-8(2-3-8)4-5-10-6-7(9)11/h10H,2-6H2,1H3,(H2,9,11). The molecule has 0 aromatic heterocycles. The summed E-state index contributed by atoms with van der Waals surface area (Å²) in [5, 5.41) is 3.01. The number of nitrogens with two attached hydrogens (primary N) is 1. The molecule has 0 radical (unpaired) electrons. The van der Waals surface area contributed by atoms with Crippen molar-refractivity contribution in [2.24, 2.45) is 11.1 Å². The summed E-state index contributed by atoms with van der Waals surface area (Å²) in [7, 11) is 0. The van der Waals surface area contributed by atoms with Gasteiger partial charge in [-0.15, -0.1) is 0 Å². The lowest BCUT2D eigenvalue weighted by molar-refractivity contribution is -0.117. The van der Waals surface area contributed by atoms with Crippen molar-refractivity contribution < 1.29 is 4.79 Å². The highest BCUT2D eigenvalue weighted by molar-refractivity contribution is 5.75. The Hall–Kier alpha value is -0.570. The summed E-state index contributed by atoms with van der Waals surface area (Å²) in [6.45, 7) is 3.51. The smallest absolute Gasteiger partial charge is 0.231 e. The number of hydrogen-bond donors (Lipinski definition) is 2. The van der Waals surface area contributed by atoms with Crippen LogP contribution in [0.15, 0.2) is 0 Å². The highest BCUT2D eigenvalue weighted by Gasteiger charge is 2.36. The minimum absolute atomic E-state index is 0.272. The summed E-state index contributed by atoms with van der Waals surface area (Å²) in [5.41, 5.74) is 5.53. The lowest BCUT2D eigenvalue weighted by atomic mass is 10.1. The summed E-state index contributed by atoms with van der Waals surface area (Å²) in [6, 6.07) is 0. The molecule has 0 spiro atoms. The fourth-order valence-corrected chi connectivity index (χ4v) is 1.07. The van der Waals surface area contributed by atoms with E-state index in [4.69, 9.17) is 5.73 Å². The number of rotatable bonds is 5. The van der Waals surface area contributed by atoms with Gasteiger partial charge in [0.15, 0.2) is 0 Å². The predicted octanol–water partition coefficient (Wildman–Crippen LogP) is 0.251. The van der Waals surface area contributed by atoms with E-state index in [1.807, 2.05) is 0 Å². The van der Waals surface area contributed by atoms with Crippen molar-refractivity contribution in [3.8, 4) is 0 Å². The number of nitrogens with one attached hydrogen (secondary N) is 1. The van der Waals surface area contributed by atoms with E-state index in [0.29, 0.717) is 12.0 Å². The van der Waals surface area contributed by atoms with Crippen LogP contribution in [0, 0.1) is 5.41 Å². The van der Waals surface area contributed by atoms with Crippen molar-refractivity contribution in [1.82, 2.24) is 5.32 Å². The molecule has 0 aliphatic heterocycles. The van der Waals surface area contributed by atoms with E-state index in [-0.39, 0.29) is 5.91 Å². The molecule has 0 bridgehead atoms. The van der Waals surface area contributed by atoms with Crippen LogP contribution < -0.4 is 11.1 Å². The Bertz CT molecular complexity index is 152. The van der Waals surface area contributed by atoms with Crippen LogP contribution >= 0.6 is 0 Å². The van der Waals surface area contributed by atoms with Gasteiger partial charge in [0.05, 0.1) is 6.54 Å². The first-order valence-electron chi connectivity index (χ1n) is 4.11. The van der Waals surface area contributed by atoms with Gasteiger partial charge in [0.1, 0.15) is 0 Å². The molecule has 1 fully saturated rings. The monoisotopic (exact) mass is 156 g/mol. The largest absolute Gasteiger partial charge is 0.369 e. The quantitative estimate of drug-likeness (QED) is 0.561. The first-order chi connectivity index (χ1) is 5.12. The molecule has 1 saturated carbocycles. The molecule has 0 atom stereocenters. The molecule has 0 aromatic rings. The molecule has 3 N–H and O–H groups in total. The van der Waals surface area contributed by atoms with Crippen LogP contribution in [0.3, 0.4) is 0 Å². The molecule has 1 rings (SSSR count). The average Bonchev–Trinajstić information content (AvgIpc) is 2.62. The SMILES string of the molecule is CC1(CCNCC(N)=O)CC1. The Morgan fingerprint density at radius 3 is 2.73 bits per heavy atom. The number of amides is 1. The maximum Gasteiger partial charge on any atom is 0.231 e. The van der Waals surface area contributed by atoms with Gasteiger partial charge in [-0.3, -0.25) is 4.79 Å². The molecule has 0 heterocycles. The number of carbonyl (C=O) groups excluding carboxylic acids is 1. The third-order valence-corrected chi connectivity index (χ3v) is 2.31. The number of primary amides is 1. The molecule has 11 heavy (non-hydrogen) atoms. The molecule has 1 aliphatic carbocycles. The molecular weight excluding hydrogens is 140 g/mol. The Balaban J connectivity index is 1.92. The predicted molar refractivity (Wildman–Crippen MR) is 44.0 cm³/mol. The van der Waals surface area contributed by atoms with Gasteiger partial charge in [0, 0.05) is 0 Å². The zero-order chi connectivity index (χ0) is 8.32. The van der Waals surface area contributed by atoms with Crippen LogP contribution in [0.4, 0.5) is 0 Å². The van der Waals surface area contributed by atoms with Gasteiger partial charge >= 0.3 is 0 Å². The highest BCUT2D eigenvalue weighted by Crippen LogP contribution is 2.47. The van der Waals surface area contributed by atoms with E-state index in [2.05, 4.69) is 12.2 Å². The van der Waals surface area contributed by atoms with E-state index < -0.39 is 0 Å². The van der Waals surface area contributed by atoms with E-state index in [1.165, 1.54) is 19.3 Å². The van der Waals surface area contributed by atoms with Crippen LogP contribution in [0.1, 0.15) is 26.2 Å². The van der Waals surface area contributed by atoms with Crippen molar-refractivity contribution in [2.75, 3.05) is 13.1 Å². The second-order valence-electron chi connectivity index (χ2n) is 3.70. The third kappa shape index (κ3) is 3.37. The molecule has 3 heteroatoms. The first kappa shape index (κ1) is 8.53. The van der Waals surface area contributed by atoms with Crippen molar-refractivity contribution in [3.05, 3.63) is 0 Å². The topological polar surface area (TPSA) is 55.1 Å². The second-order valence-corrected chi connectivity index (χ2v) is 3.70. The molecular formula is C8H16N2O. The van der Waals surface area contributed by atoms with Gasteiger partial charge in [-0.05, 0) is 31.2 Å². The molecule has 0 aromatic carbocycles. The second kappa shape index (κ2) is 3.22. The summed E-state index contributed by atoms with van der Waals surface area (Å²) in [6.07, 6.45) is 3.84. The minimum Gasteiger partial charge on any atom is -0.369 e. The third-order valence-electron chi connectivity index (χ3n) is 2.31. The fourth-order valence-electron chi connectivity index (χ4n) is 1.07. The summed E-state index contributed by atoms with van der Waals surface area (Å²) in [4.78, 5) is 10.3. The number of carbonyl (C=O) groups is 1. The first-order valence-corrected chi connectivity index (χ1v) is 4.11.